The third-order valence-electron chi connectivity index (χ3n) is 0. The first-order chi connectivity index (χ1) is 0. The van der Waals surface area contributed by atoms with Crippen LogP contribution >= 0.6 is 0 Å². The van der Waals surface area contributed by atoms with Crippen LogP contribution in [0.5, 0.6) is 0 Å². The molecule has 0 saturated carbocycles. The Balaban J connectivity index is 0. The van der Waals surface area contributed by atoms with Crippen molar-refractivity contribution in [2.45, 2.75) is 0 Å². The van der Waals surface area contributed by atoms with Gasteiger partial charge in [0.15, 0.2) is 0 Å². The first-order valence-electron chi connectivity index (χ1n) is 0. The molecule has 0 bridgehead atoms. The average Bonchev–Trinajstić information content (AvgIpc) is 0. The first kappa shape index (κ1) is 28.6. The Morgan fingerprint density at radius 2 is 0.500 bits per heavy atom. The smallest absolute Gasteiger partial charge is 0 e. The summed E-state index contributed by atoms with van der Waals surface area (Å²) >= 11 is 0. The summed E-state index contributed by atoms with van der Waals surface area (Å²) in [7, 11) is 0. The Labute approximate surface area is 87.0 Å². The van der Waals surface area contributed by atoms with Crippen molar-refractivity contribution in [1.82, 2.24) is 0 Å². The molecule has 0 atom stereocenters. The van der Waals surface area contributed by atoms with Gasteiger partial charge in [0.05, 0.1) is 0 Å². The molecule has 0 nitrogen and oxygen atoms in total. The monoisotopic (exact) mass is 454 g/mol. The molecule has 4 heavy (non-hydrogen) atoms. The van der Waals surface area contributed by atoms with Crippen molar-refractivity contribution in [1.29, 1.82) is 0 Å². The fourth-order valence-corrected chi connectivity index (χ4v) is 0. The average molecular weight is 462 g/mol. The van der Waals surface area contributed by atoms with Crippen molar-refractivity contribution in [3.63, 3.8) is 0 Å². The van der Waals surface area contributed by atoms with Gasteiger partial charge in [0.25, 0.3) is 0 Å². The molecular formula is H9Ga3Pu. The molecule has 0 aromatic carbocycles. The van der Waals surface area contributed by atoms with Gasteiger partial charge in [-0.3, -0.25) is 0 Å². The van der Waals surface area contributed by atoms with Crippen LogP contribution in [-0.2, 0) is 0 Å². The fourth-order valence-electron chi connectivity index (χ4n) is 0. The molecule has 0 rings (SSSR count). The van der Waals surface area contributed by atoms with Crippen LogP contribution in [0.4, 0.5) is 0 Å². The number of rotatable bonds is 0. The Morgan fingerprint density at radius 3 is 0.500 bits per heavy atom. The molecule has 0 aromatic heterocycles. The molecule has 0 saturated heterocycles. The van der Waals surface area contributed by atoms with E-state index in [-0.39, 0.29) is 88.5 Å². The molecule has 0 fully saturated rings. The van der Waals surface area contributed by atoms with Gasteiger partial charge in [-0.1, -0.05) is 0 Å². The van der Waals surface area contributed by atoms with Gasteiger partial charge in [0, 0.05) is 29.2 Å². The zero-order valence-electron chi connectivity index (χ0n) is 0.408. The van der Waals surface area contributed by atoms with Crippen LogP contribution in [0.3, 0.4) is 0 Å². The summed E-state index contributed by atoms with van der Waals surface area (Å²) in [5.74, 6) is 0. The summed E-state index contributed by atoms with van der Waals surface area (Å²) in [5.41, 5.74) is 0. The zero-order chi connectivity index (χ0) is 0. The van der Waals surface area contributed by atoms with Gasteiger partial charge in [-0.05, 0) is 0 Å². The number of hydrogen-bond donors (Lipinski definition) is 0. The zero-order valence-corrected chi connectivity index (χ0v) is 3.81. The molecule has 0 N–H and O–H groups in total. The Hall–Kier alpha value is 2.90. The predicted octanol–water partition coefficient (Wildman–Crippen LogP) is -3.55. The van der Waals surface area contributed by atoms with Crippen molar-refractivity contribution < 1.29 is 29.2 Å². The van der Waals surface area contributed by atoms with Crippen LogP contribution in [0, 0.1) is 29.2 Å². The summed E-state index contributed by atoms with van der Waals surface area (Å²) < 4.78 is 0. The Morgan fingerprint density at radius 1 is 0.500 bits per heavy atom. The van der Waals surface area contributed by atoms with Crippen LogP contribution < -0.4 is 0 Å². The van der Waals surface area contributed by atoms with Gasteiger partial charge in [-0.2, -0.15) is 0 Å². The van der Waals surface area contributed by atoms with Crippen molar-refractivity contribution in [3.8, 4) is 0 Å². The largest absolute Gasteiger partial charge is 0 e. The van der Waals surface area contributed by atoms with E-state index in [4.69, 9.17) is 0 Å². The van der Waals surface area contributed by atoms with E-state index >= 15 is 0 Å². The summed E-state index contributed by atoms with van der Waals surface area (Å²) in [5, 5.41) is 0. The van der Waals surface area contributed by atoms with Crippen molar-refractivity contribution >= 4 is 59.4 Å². The summed E-state index contributed by atoms with van der Waals surface area (Å²) in [6.45, 7) is 0. The maximum atomic E-state index is 0. The molecule has 24 valence electrons. The van der Waals surface area contributed by atoms with E-state index in [0.717, 1.165) is 0 Å². The summed E-state index contributed by atoms with van der Waals surface area (Å²) in [6, 6.07) is 0. The molecule has 0 heterocycles. The predicted molar refractivity (Wildman–Crippen MR) is 29.8 cm³/mol. The molecule has 0 aliphatic carbocycles. The van der Waals surface area contributed by atoms with Crippen LogP contribution in [-0.4, -0.2) is 59.4 Å². The van der Waals surface area contributed by atoms with E-state index in [2.05, 4.69) is 0 Å². The Kier molecular flexibility index (Phi) is 120. The van der Waals surface area contributed by atoms with Gasteiger partial charge in [-0.15, -0.1) is 0 Å². The number of hydrogen-bond acceptors (Lipinski definition) is 0. The topological polar surface area (TPSA) is 0 Å². The second-order valence-corrected chi connectivity index (χ2v) is 0. The minimum absolute atomic E-state index is 0. The van der Waals surface area contributed by atoms with E-state index < -0.39 is 0 Å². The summed E-state index contributed by atoms with van der Waals surface area (Å²) in [4.78, 5) is 0. The SMILES string of the molecule is [GaH3].[GaH3].[GaH3].[Pu]. The molecular weight excluding hydrogens is 453 g/mol. The molecule has 0 unspecified atom stereocenters. The molecule has 0 amide bonds. The van der Waals surface area contributed by atoms with E-state index in [0.29, 0.717) is 0 Å². The quantitative estimate of drug-likeness (QED) is 0.328. The van der Waals surface area contributed by atoms with Gasteiger partial charge >= 0.3 is 59.4 Å². The van der Waals surface area contributed by atoms with Crippen LogP contribution in [0.25, 0.3) is 0 Å². The second-order valence-electron chi connectivity index (χ2n) is 0. The fraction of sp³-hybridized carbons (Fsp3) is 0. The first-order valence-corrected chi connectivity index (χ1v) is 0. The van der Waals surface area contributed by atoms with Gasteiger partial charge in [0.2, 0.25) is 0 Å². The molecule has 0 aliphatic heterocycles. The van der Waals surface area contributed by atoms with E-state index in [9.17, 15) is 0 Å². The second kappa shape index (κ2) is 16.9. The van der Waals surface area contributed by atoms with Crippen molar-refractivity contribution in [3.05, 3.63) is 0 Å². The van der Waals surface area contributed by atoms with Gasteiger partial charge in [0.1, 0.15) is 0 Å². The van der Waals surface area contributed by atoms with Gasteiger partial charge in [-0.25, -0.2) is 0 Å². The minimum atomic E-state index is 0. The maximum Gasteiger partial charge on any atom is 0 e. The molecule has 0 radical (unpaired) electrons. The Bertz CT molecular complexity index is 3.25. The normalized spacial score (nSPS) is 0. The molecule has 0 aromatic rings. The minimum Gasteiger partial charge on any atom is 0 e. The van der Waals surface area contributed by atoms with Crippen LogP contribution in [0.15, 0.2) is 0 Å². The van der Waals surface area contributed by atoms with Gasteiger partial charge < -0.3 is 0 Å². The van der Waals surface area contributed by atoms with E-state index in [1.165, 1.54) is 0 Å². The third kappa shape index (κ3) is 8.86. The molecule has 0 spiro atoms. The van der Waals surface area contributed by atoms with Crippen LogP contribution in [0.2, 0.25) is 0 Å². The van der Waals surface area contributed by atoms with Crippen LogP contribution in [0.1, 0.15) is 0 Å². The maximum absolute atomic E-state index is 0. The van der Waals surface area contributed by atoms with E-state index in [1.807, 2.05) is 0 Å². The third-order valence-corrected chi connectivity index (χ3v) is 0. The molecule has 0 aliphatic rings. The van der Waals surface area contributed by atoms with E-state index in [1.54, 1.807) is 0 Å². The summed E-state index contributed by atoms with van der Waals surface area (Å²) in [6.07, 6.45) is 0. The standard InChI is InChI=1S/3Ga.Pu.9H. The molecule has 4 heteroatoms. The van der Waals surface area contributed by atoms with Crippen molar-refractivity contribution in [2.75, 3.05) is 0 Å². The van der Waals surface area contributed by atoms with Crippen molar-refractivity contribution in [2.24, 2.45) is 0 Å².